The van der Waals surface area contributed by atoms with Crippen molar-refractivity contribution in [1.82, 2.24) is 10.2 Å². The van der Waals surface area contributed by atoms with Crippen molar-refractivity contribution >= 4 is 5.91 Å². The maximum atomic E-state index is 12.3. The summed E-state index contributed by atoms with van der Waals surface area (Å²) in [6.07, 6.45) is 0.979. The van der Waals surface area contributed by atoms with Gasteiger partial charge in [0.1, 0.15) is 0 Å². The molecule has 0 aromatic heterocycles. The van der Waals surface area contributed by atoms with Gasteiger partial charge in [-0.05, 0) is 46.0 Å². The highest BCUT2D eigenvalue weighted by Gasteiger charge is 2.17. The van der Waals surface area contributed by atoms with E-state index in [2.05, 4.69) is 19.2 Å². The number of rotatable bonds is 6. The highest BCUT2D eigenvalue weighted by Crippen LogP contribution is 2.08. The summed E-state index contributed by atoms with van der Waals surface area (Å²) in [6, 6.07) is 9.71. The van der Waals surface area contributed by atoms with E-state index in [4.69, 9.17) is 0 Å². The third kappa shape index (κ3) is 4.19. The van der Waals surface area contributed by atoms with Crippen LogP contribution in [-0.4, -0.2) is 37.0 Å². The van der Waals surface area contributed by atoms with Crippen LogP contribution < -0.4 is 5.32 Å². The Bertz CT molecular complexity index is 335. The molecule has 0 aliphatic carbocycles. The van der Waals surface area contributed by atoms with Crippen molar-refractivity contribution < 1.29 is 4.79 Å². The van der Waals surface area contributed by atoms with Crippen LogP contribution in [0.2, 0.25) is 0 Å². The van der Waals surface area contributed by atoms with Crippen LogP contribution in [0.25, 0.3) is 0 Å². The van der Waals surface area contributed by atoms with Gasteiger partial charge in [0, 0.05) is 18.2 Å². The lowest BCUT2D eigenvalue weighted by Gasteiger charge is -2.27. The SMILES string of the molecule is CNCCCN(C(=O)c1ccccc1)C(C)C. The Hall–Kier alpha value is -1.35. The van der Waals surface area contributed by atoms with Gasteiger partial charge in [0.05, 0.1) is 0 Å². The maximum Gasteiger partial charge on any atom is 0.254 e. The van der Waals surface area contributed by atoms with Crippen molar-refractivity contribution in [2.75, 3.05) is 20.1 Å². The molecule has 0 saturated carbocycles. The minimum atomic E-state index is 0.122. The van der Waals surface area contributed by atoms with Gasteiger partial charge in [-0.1, -0.05) is 18.2 Å². The topological polar surface area (TPSA) is 32.3 Å². The Labute approximate surface area is 104 Å². The second kappa shape index (κ2) is 7.07. The van der Waals surface area contributed by atoms with E-state index in [1.54, 1.807) is 0 Å². The van der Waals surface area contributed by atoms with Gasteiger partial charge in [-0.25, -0.2) is 0 Å². The number of carbonyl (C=O) groups excluding carboxylic acids is 1. The van der Waals surface area contributed by atoms with Crippen molar-refractivity contribution in [3.8, 4) is 0 Å². The molecule has 0 aliphatic heterocycles. The summed E-state index contributed by atoms with van der Waals surface area (Å²) >= 11 is 0. The van der Waals surface area contributed by atoms with E-state index in [1.807, 2.05) is 42.3 Å². The third-order valence-electron chi connectivity index (χ3n) is 2.73. The molecule has 1 N–H and O–H groups in total. The minimum absolute atomic E-state index is 0.122. The quantitative estimate of drug-likeness (QED) is 0.765. The molecule has 0 bridgehead atoms. The Balaban J connectivity index is 2.67. The van der Waals surface area contributed by atoms with Gasteiger partial charge < -0.3 is 10.2 Å². The van der Waals surface area contributed by atoms with Crippen LogP contribution in [0.5, 0.6) is 0 Å². The first kappa shape index (κ1) is 13.7. The molecule has 1 amide bonds. The predicted octanol–water partition coefficient (Wildman–Crippen LogP) is 2.15. The second-order valence-corrected chi connectivity index (χ2v) is 4.42. The molecular formula is C14H22N2O. The van der Waals surface area contributed by atoms with Gasteiger partial charge in [0.15, 0.2) is 0 Å². The van der Waals surface area contributed by atoms with Crippen LogP contribution in [0.1, 0.15) is 30.6 Å². The van der Waals surface area contributed by atoms with Gasteiger partial charge >= 0.3 is 0 Å². The van der Waals surface area contributed by atoms with Crippen LogP contribution >= 0.6 is 0 Å². The highest BCUT2D eigenvalue weighted by molar-refractivity contribution is 5.94. The average molecular weight is 234 g/mol. The Morgan fingerprint density at radius 3 is 2.47 bits per heavy atom. The van der Waals surface area contributed by atoms with Crippen LogP contribution in [0.15, 0.2) is 30.3 Å². The summed E-state index contributed by atoms with van der Waals surface area (Å²) < 4.78 is 0. The van der Waals surface area contributed by atoms with Gasteiger partial charge in [-0.15, -0.1) is 0 Å². The van der Waals surface area contributed by atoms with Crippen molar-refractivity contribution in [2.45, 2.75) is 26.3 Å². The third-order valence-corrected chi connectivity index (χ3v) is 2.73. The molecule has 0 atom stereocenters. The Kier molecular flexibility index (Phi) is 5.70. The van der Waals surface area contributed by atoms with E-state index in [9.17, 15) is 4.79 Å². The van der Waals surface area contributed by atoms with Gasteiger partial charge in [0.25, 0.3) is 5.91 Å². The molecule has 0 unspecified atom stereocenters. The van der Waals surface area contributed by atoms with Gasteiger partial charge in [-0.2, -0.15) is 0 Å². The molecule has 3 heteroatoms. The molecule has 0 radical (unpaired) electrons. The molecule has 17 heavy (non-hydrogen) atoms. The monoisotopic (exact) mass is 234 g/mol. The molecule has 0 aliphatic rings. The second-order valence-electron chi connectivity index (χ2n) is 4.42. The zero-order valence-corrected chi connectivity index (χ0v) is 10.9. The van der Waals surface area contributed by atoms with Crippen LogP contribution in [-0.2, 0) is 0 Å². The lowest BCUT2D eigenvalue weighted by molar-refractivity contribution is 0.0704. The number of amides is 1. The fraction of sp³-hybridized carbons (Fsp3) is 0.500. The molecule has 1 aromatic rings. The smallest absolute Gasteiger partial charge is 0.254 e. The summed E-state index contributed by atoms with van der Waals surface area (Å²) in [7, 11) is 1.93. The molecule has 0 saturated heterocycles. The molecule has 1 aromatic carbocycles. The van der Waals surface area contributed by atoms with Crippen LogP contribution in [0.4, 0.5) is 0 Å². The number of nitrogens with zero attached hydrogens (tertiary/aromatic N) is 1. The number of nitrogens with one attached hydrogen (secondary N) is 1. The maximum absolute atomic E-state index is 12.3. The zero-order valence-electron chi connectivity index (χ0n) is 10.9. The molecule has 0 fully saturated rings. The van der Waals surface area contributed by atoms with E-state index < -0.39 is 0 Å². The number of carbonyl (C=O) groups is 1. The van der Waals surface area contributed by atoms with E-state index in [0.29, 0.717) is 0 Å². The minimum Gasteiger partial charge on any atom is -0.336 e. The van der Waals surface area contributed by atoms with E-state index in [1.165, 1.54) is 0 Å². The summed E-state index contributed by atoms with van der Waals surface area (Å²) in [4.78, 5) is 14.2. The normalized spacial score (nSPS) is 10.6. The fourth-order valence-corrected chi connectivity index (χ4v) is 1.77. The summed E-state index contributed by atoms with van der Waals surface area (Å²) in [5, 5.41) is 3.10. The molecule has 94 valence electrons. The molecule has 1 rings (SSSR count). The van der Waals surface area contributed by atoms with Crippen molar-refractivity contribution in [2.24, 2.45) is 0 Å². The average Bonchev–Trinajstić information content (AvgIpc) is 2.34. The van der Waals surface area contributed by atoms with Gasteiger partial charge in [-0.3, -0.25) is 4.79 Å². The summed E-state index contributed by atoms with van der Waals surface area (Å²) in [5.74, 6) is 0.122. The molecule has 0 spiro atoms. The zero-order chi connectivity index (χ0) is 12.7. The van der Waals surface area contributed by atoms with E-state index in [-0.39, 0.29) is 11.9 Å². The van der Waals surface area contributed by atoms with E-state index >= 15 is 0 Å². The van der Waals surface area contributed by atoms with Crippen molar-refractivity contribution in [1.29, 1.82) is 0 Å². The lowest BCUT2D eigenvalue weighted by Crippen LogP contribution is -2.38. The first-order valence-electron chi connectivity index (χ1n) is 6.17. The largest absolute Gasteiger partial charge is 0.336 e. The predicted molar refractivity (Wildman–Crippen MR) is 71.2 cm³/mol. The Morgan fingerprint density at radius 1 is 1.29 bits per heavy atom. The Morgan fingerprint density at radius 2 is 1.94 bits per heavy atom. The lowest BCUT2D eigenvalue weighted by atomic mass is 10.1. The van der Waals surface area contributed by atoms with Crippen molar-refractivity contribution in [3.05, 3.63) is 35.9 Å². The summed E-state index contributed by atoms with van der Waals surface area (Å²) in [5.41, 5.74) is 0.769. The summed E-state index contributed by atoms with van der Waals surface area (Å²) in [6.45, 7) is 5.85. The number of hydrogen-bond acceptors (Lipinski definition) is 2. The van der Waals surface area contributed by atoms with Gasteiger partial charge in [0.2, 0.25) is 0 Å². The molecular weight excluding hydrogens is 212 g/mol. The standard InChI is InChI=1S/C14H22N2O/c1-12(2)16(11-7-10-15-3)14(17)13-8-5-4-6-9-13/h4-6,8-9,12,15H,7,10-11H2,1-3H3. The number of benzene rings is 1. The fourth-order valence-electron chi connectivity index (χ4n) is 1.77. The van der Waals surface area contributed by atoms with Crippen LogP contribution in [0, 0.1) is 0 Å². The highest BCUT2D eigenvalue weighted by atomic mass is 16.2. The molecule has 0 heterocycles. The van der Waals surface area contributed by atoms with Crippen molar-refractivity contribution in [3.63, 3.8) is 0 Å². The number of hydrogen-bond donors (Lipinski definition) is 1. The first-order valence-corrected chi connectivity index (χ1v) is 6.17. The van der Waals surface area contributed by atoms with E-state index in [0.717, 1.165) is 25.1 Å². The van der Waals surface area contributed by atoms with Crippen LogP contribution in [0.3, 0.4) is 0 Å². The first-order chi connectivity index (χ1) is 8.16. The molecule has 3 nitrogen and oxygen atoms in total.